The van der Waals surface area contributed by atoms with Crippen molar-refractivity contribution < 1.29 is 0 Å². The van der Waals surface area contributed by atoms with Gasteiger partial charge in [-0.1, -0.05) is 13.3 Å². The van der Waals surface area contributed by atoms with Crippen molar-refractivity contribution in [3.63, 3.8) is 0 Å². The average Bonchev–Trinajstić information content (AvgIpc) is 2.65. The summed E-state index contributed by atoms with van der Waals surface area (Å²) in [6.07, 6.45) is 3.91. The number of nitrogens with one attached hydrogen (secondary N) is 2. The van der Waals surface area contributed by atoms with Gasteiger partial charge in [-0.3, -0.25) is 5.10 Å². The summed E-state index contributed by atoms with van der Waals surface area (Å²) in [6.45, 7) is 4.27. The zero-order valence-electron chi connectivity index (χ0n) is 9.29. The molecule has 1 atom stereocenters. The molecule has 2 aromatic heterocycles. The number of aromatic amines is 1. The highest BCUT2D eigenvalue weighted by Crippen LogP contribution is 2.21. The Bertz CT molecular complexity index is 481. The molecule has 0 radical (unpaired) electrons. The number of fused-ring (bicyclic) bond motifs is 1. The second-order valence-electron chi connectivity index (χ2n) is 3.81. The molecule has 0 aliphatic carbocycles. The SMILES string of the molecule is CCCC(C)Nc1nc(Cl)nc2[nH]ncc12. The van der Waals surface area contributed by atoms with E-state index >= 15 is 0 Å². The quantitative estimate of drug-likeness (QED) is 0.805. The molecule has 0 aliphatic rings. The molecule has 0 saturated carbocycles. The fourth-order valence-electron chi connectivity index (χ4n) is 1.66. The summed E-state index contributed by atoms with van der Waals surface area (Å²) in [5.41, 5.74) is 0.659. The van der Waals surface area contributed by atoms with Gasteiger partial charge in [-0.15, -0.1) is 0 Å². The van der Waals surface area contributed by atoms with E-state index in [9.17, 15) is 0 Å². The molecule has 0 spiro atoms. The Morgan fingerprint density at radius 1 is 1.50 bits per heavy atom. The molecule has 2 aromatic rings. The van der Waals surface area contributed by atoms with E-state index in [1.807, 2.05) is 0 Å². The largest absolute Gasteiger partial charge is 0.367 e. The summed E-state index contributed by atoms with van der Waals surface area (Å²) >= 11 is 5.83. The fourth-order valence-corrected chi connectivity index (χ4v) is 1.83. The van der Waals surface area contributed by atoms with E-state index in [1.54, 1.807) is 6.20 Å². The van der Waals surface area contributed by atoms with E-state index in [2.05, 4.69) is 39.3 Å². The minimum Gasteiger partial charge on any atom is -0.367 e. The number of H-pyrrole nitrogens is 1. The van der Waals surface area contributed by atoms with Gasteiger partial charge < -0.3 is 5.32 Å². The van der Waals surface area contributed by atoms with Gasteiger partial charge in [0, 0.05) is 6.04 Å². The third kappa shape index (κ3) is 2.24. The van der Waals surface area contributed by atoms with Crippen LogP contribution in [0.1, 0.15) is 26.7 Å². The first-order chi connectivity index (χ1) is 7.70. The van der Waals surface area contributed by atoms with Gasteiger partial charge in [0.25, 0.3) is 0 Å². The van der Waals surface area contributed by atoms with Crippen molar-refractivity contribution in [2.75, 3.05) is 5.32 Å². The number of anilines is 1. The number of aromatic nitrogens is 4. The van der Waals surface area contributed by atoms with Crippen LogP contribution < -0.4 is 5.32 Å². The molecule has 0 bridgehead atoms. The molecule has 0 amide bonds. The molecule has 0 aliphatic heterocycles. The molecule has 5 nitrogen and oxygen atoms in total. The van der Waals surface area contributed by atoms with Crippen LogP contribution in [0, 0.1) is 0 Å². The van der Waals surface area contributed by atoms with Gasteiger partial charge in [0.05, 0.1) is 11.6 Å². The molecule has 86 valence electrons. The lowest BCUT2D eigenvalue weighted by Crippen LogP contribution is -2.15. The molecule has 2 rings (SSSR count). The summed E-state index contributed by atoms with van der Waals surface area (Å²) < 4.78 is 0. The monoisotopic (exact) mass is 239 g/mol. The van der Waals surface area contributed by atoms with Crippen LogP contribution in [0.15, 0.2) is 6.20 Å². The molecule has 0 fully saturated rings. The number of rotatable bonds is 4. The van der Waals surface area contributed by atoms with E-state index in [0.717, 1.165) is 24.0 Å². The van der Waals surface area contributed by atoms with Crippen LogP contribution in [-0.4, -0.2) is 26.2 Å². The van der Waals surface area contributed by atoms with Gasteiger partial charge in [0.1, 0.15) is 5.82 Å². The third-order valence-corrected chi connectivity index (χ3v) is 2.56. The summed E-state index contributed by atoms with van der Waals surface area (Å²) in [6, 6.07) is 0.356. The van der Waals surface area contributed by atoms with E-state index < -0.39 is 0 Å². The van der Waals surface area contributed by atoms with Crippen LogP contribution >= 0.6 is 11.6 Å². The van der Waals surface area contributed by atoms with Crippen LogP contribution in [0.2, 0.25) is 5.28 Å². The average molecular weight is 240 g/mol. The smallest absolute Gasteiger partial charge is 0.226 e. The topological polar surface area (TPSA) is 66.5 Å². The molecular weight excluding hydrogens is 226 g/mol. The van der Waals surface area contributed by atoms with Crippen molar-refractivity contribution in [3.05, 3.63) is 11.5 Å². The highest BCUT2D eigenvalue weighted by molar-refractivity contribution is 6.28. The molecular formula is C10H14ClN5. The van der Waals surface area contributed by atoms with Crippen molar-refractivity contribution in [1.82, 2.24) is 20.2 Å². The Morgan fingerprint density at radius 3 is 3.06 bits per heavy atom. The molecule has 16 heavy (non-hydrogen) atoms. The van der Waals surface area contributed by atoms with Crippen LogP contribution in [0.4, 0.5) is 5.82 Å². The predicted molar refractivity (Wildman–Crippen MR) is 64.7 cm³/mol. The Balaban J connectivity index is 2.31. The van der Waals surface area contributed by atoms with E-state index in [4.69, 9.17) is 11.6 Å². The molecule has 0 aromatic carbocycles. The molecule has 1 unspecified atom stereocenters. The lowest BCUT2D eigenvalue weighted by Gasteiger charge is -2.13. The summed E-state index contributed by atoms with van der Waals surface area (Å²) in [5, 5.41) is 11.1. The van der Waals surface area contributed by atoms with E-state index in [-0.39, 0.29) is 5.28 Å². The Hall–Kier alpha value is -1.36. The number of hydrogen-bond donors (Lipinski definition) is 2. The predicted octanol–water partition coefficient (Wildman–Crippen LogP) is 2.61. The Labute approximate surface area is 98.6 Å². The lowest BCUT2D eigenvalue weighted by atomic mass is 10.2. The molecule has 0 saturated heterocycles. The standard InChI is InChI=1S/C10H14ClN5/c1-3-4-6(2)13-8-7-5-12-16-9(7)15-10(11)14-8/h5-6H,3-4H2,1-2H3,(H2,12,13,14,15,16). The van der Waals surface area contributed by atoms with Crippen LogP contribution in [0.25, 0.3) is 11.0 Å². The third-order valence-electron chi connectivity index (χ3n) is 2.39. The number of hydrogen-bond acceptors (Lipinski definition) is 4. The lowest BCUT2D eigenvalue weighted by molar-refractivity contribution is 0.688. The number of halogens is 1. The molecule has 2 heterocycles. The maximum Gasteiger partial charge on any atom is 0.226 e. The minimum atomic E-state index is 0.225. The zero-order valence-corrected chi connectivity index (χ0v) is 10.0. The second-order valence-corrected chi connectivity index (χ2v) is 4.15. The van der Waals surface area contributed by atoms with Crippen LogP contribution in [0.5, 0.6) is 0 Å². The molecule has 2 N–H and O–H groups in total. The second kappa shape index (κ2) is 4.65. The van der Waals surface area contributed by atoms with Gasteiger partial charge in [-0.2, -0.15) is 15.1 Å². The first-order valence-electron chi connectivity index (χ1n) is 5.34. The van der Waals surface area contributed by atoms with Crippen molar-refractivity contribution in [3.8, 4) is 0 Å². The van der Waals surface area contributed by atoms with E-state index in [0.29, 0.717) is 11.7 Å². The van der Waals surface area contributed by atoms with Gasteiger partial charge in [0.15, 0.2) is 5.65 Å². The summed E-state index contributed by atoms with van der Waals surface area (Å²) in [4.78, 5) is 8.22. The van der Waals surface area contributed by atoms with Crippen LogP contribution in [0.3, 0.4) is 0 Å². The first-order valence-corrected chi connectivity index (χ1v) is 5.71. The normalized spacial score (nSPS) is 12.9. The Morgan fingerprint density at radius 2 is 2.31 bits per heavy atom. The number of nitrogens with zero attached hydrogens (tertiary/aromatic N) is 3. The van der Waals surface area contributed by atoms with E-state index in [1.165, 1.54) is 0 Å². The van der Waals surface area contributed by atoms with Gasteiger partial charge >= 0.3 is 0 Å². The Kier molecular flexibility index (Phi) is 3.24. The van der Waals surface area contributed by atoms with Crippen LogP contribution in [-0.2, 0) is 0 Å². The fraction of sp³-hybridized carbons (Fsp3) is 0.500. The summed E-state index contributed by atoms with van der Waals surface area (Å²) in [5.74, 6) is 0.740. The summed E-state index contributed by atoms with van der Waals surface area (Å²) in [7, 11) is 0. The minimum absolute atomic E-state index is 0.225. The maximum absolute atomic E-state index is 5.83. The van der Waals surface area contributed by atoms with Gasteiger partial charge in [-0.25, -0.2) is 0 Å². The van der Waals surface area contributed by atoms with Crippen molar-refractivity contribution in [1.29, 1.82) is 0 Å². The first kappa shape index (κ1) is 11.1. The highest BCUT2D eigenvalue weighted by atomic mass is 35.5. The van der Waals surface area contributed by atoms with Crippen molar-refractivity contribution in [2.45, 2.75) is 32.7 Å². The zero-order chi connectivity index (χ0) is 11.5. The van der Waals surface area contributed by atoms with Crippen molar-refractivity contribution in [2.24, 2.45) is 0 Å². The molecule has 6 heteroatoms. The van der Waals surface area contributed by atoms with Gasteiger partial charge in [0.2, 0.25) is 5.28 Å². The van der Waals surface area contributed by atoms with Gasteiger partial charge in [-0.05, 0) is 24.9 Å². The van der Waals surface area contributed by atoms with Crippen molar-refractivity contribution >= 4 is 28.5 Å². The highest BCUT2D eigenvalue weighted by Gasteiger charge is 2.10. The maximum atomic E-state index is 5.83.